The van der Waals surface area contributed by atoms with E-state index in [9.17, 15) is 18.0 Å². The van der Waals surface area contributed by atoms with E-state index in [0.29, 0.717) is 22.9 Å². The number of sulfonamides is 1. The molecule has 8 nitrogen and oxygen atoms in total. The molecule has 1 atom stereocenters. The normalized spacial score (nSPS) is 12.1. The lowest BCUT2D eigenvalue weighted by Crippen LogP contribution is -2.51. The number of hydrogen-bond donors (Lipinski definition) is 1. The van der Waals surface area contributed by atoms with Crippen LogP contribution in [0.3, 0.4) is 0 Å². The van der Waals surface area contributed by atoms with Crippen LogP contribution in [0, 0.1) is 5.92 Å². The minimum Gasteiger partial charge on any atom is -0.495 e. The Morgan fingerprint density at radius 1 is 0.950 bits per heavy atom. The number of benzene rings is 3. The Hall–Kier alpha value is -3.27. The SMILES string of the molecule is COc1ccc(N(CC(=O)N(Cc2cccc(Cl)c2)C(C)C(=O)NCC(C)C)S(=O)(=O)c2ccccc2)cc1Cl. The minimum atomic E-state index is -4.20. The summed E-state index contributed by atoms with van der Waals surface area (Å²) < 4.78 is 33.8. The van der Waals surface area contributed by atoms with Gasteiger partial charge in [-0.3, -0.25) is 13.9 Å². The lowest BCUT2D eigenvalue weighted by molar-refractivity contribution is -0.139. The van der Waals surface area contributed by atoms with Gasteiger partial charge in [-0.15, -0.1) is 0 Å². The number of methoxy groups -OCH3 is 1. The lowest BCUT2D eigenvalue weighted by atomic mass is 10.1. The summed E-state index contributed by atoms with van der Waals surface area (Å²) in [6.07, 6.45) is 0. The number of ether oxygens (including phenoxy) is 1. The van der Waals surface area contributed by atoms with E-state index in [1.165, 1.54) is 42.3 Å². The second kappa shape index (κ2) is 13.9. The molecule has 214 valence electrons. The van der Waals surface area contributed by atoms with Crippen molar-refractivity contribution in [2.24, 2.45) is 5.92 Å². The van der Waals surface area contributed by atoms with Gasteiger partial charge < -0.3 is 15.0 Å². The zero-order valence-corrected chi connectivity index (χ0v) is 25.1. The molecule has 11 heteroatoms. The van der Waals surface area contributed by atoms with Crippen molar-refractivity contribution in [3.63, 3.8) is 0 Å². The highest BCUT2D eigenvalue weighted by Gasteiger charge is 2.32. The lowest BCUT2D eigenvalue weighted by Gasteiger charge is -2.32. The quantitative estimate of drug-likeness (QED) is 0.299. The van der Waals surface area contributed by atoms with E-state index in [-0.39, 0.29) is 34.0 Å². The first kappa shape index (κ1) is 31.3. The molecule has 0 bridgehead atoms. The Morgan fingerprint density at radius 3 is 2.25 bits per heavy atom. The third-order valence-corrected chi connectivity index (χ3v) is 8.45. The third kappa shape index (κ3) is 7.90. The van der Waals surface area contributed by atoms with Crippen molar-refractivity contribution >= 4 is 50.7 Å². The average Bonchev–Trinajstić information content (AvgIpc) is 2.93. The molecule has 3 aromatic carbocycles. The molecule has 0 saturated heterocycles. The van der Waals surface area contributed by atoms with Gasteiger partial charge in [-0.1, -0.05) is 67.4 Å². The van der Waals surface area contributed by atoms with Crippen molar-refractivity contribution in [2.45, 2.75) is 38.3 Å². The predicted octanol–water partition coefficient (Wildman–Crippen LogP) is 5.39. The summed E-state index contributed by atoms with van der Waals surface area (Å²) in [5, 5.41) is 3.51. The van der Waals surface area contributed by atoms with Gasteiger partial charge >= 0.3 is 0 Å². The van der Waals surface area contributed by atoms with Gasteiger partial charge in [-0.25, -0.2) is 8.42 Å². The van der Waals surface area contributed by atoms with E-state index >= 15 is 0 Å². The predicted molar refractivity (Wildman–Crippen MR) is 158 cm³/mol. The zero-order chi connectivity index (χ0) is 29.4. The Balaban J connectivity index is 2.04. The molecule has 1 unspecified atom stereocenters. The van der Waals surface area contributed by atoms with Gasteiger partial charge in [-0.2, -0.15) is 0 Å². The van der Waals surface area contributed by atoms with Crippen LogP contribution in [0.4, 0.5) is 5.69 Å². The molecule has 3 rings (SSSR count). The van der Waals surface area contributed by atoms with Crippen molar-refractivity contribution in [1.29, 1.82) is 0 Å². The molecule has 2 amide bonds. The molecule has 0 aliphatic heterocycles. The molecular weight excluding hydrogens is 573 g/mol. The number of carbonyl (C=O) groups is 2. The van der Waals surface area contributed by atoms with Crippen LogP contribution in [0.5, 0.6) is 5.75 Å². The molecule has 0 radical (unpaired) electrons. The van der Waals surface area contributed by atoms with Crippen molar-refractivity contribution in [3.05, 3.63) is 88.4 Å². The van der Waals surface area contributed by atoms with Gasteiger partial charge in [0.1, 0.15) is 18.3 Å². The third-order valence-electron chi connectivity index (χ3n) is 6.13. The molecule has 3 aromatic rings. The number of nitrogens with one attached hydrogen (secondary N) is 1. The number of rotatable bonds is 12. The van der Waals surface area contributed by atoms with Crippen LogP contribution in [0.2, 0.25) is 10.0 Å². The molecule has 40 heavy (non-hydrogen) atoms. The molecule has 0 saturated carbocycles. The van der Waals surface area contributed by atoms with Crippen molar-refractivity contribution in [2.75, 3.05) is 24.5 Å². The molecule has 0 aromatic heterocycles. The van der Waals surface area contributed by atoms with E-state index < -0.39 is 28.5 Å². The Morgan fingerprint density at radius 2 is 1.65 bits per heavy atom. The van der Waals surface area contributed by atoms with Crippen molar-refractivity contribution < 1.29 is 22.7 Å². The van der Waals surface area contributed by atoms with Crippen LogP contribution >= 0.6 is 23.2 Å². The summed E-state index contributed by atoms with van der Waals surface area (Å²) in [4.78, 5) is 28.3. The molecule has 0 aliphatic carbocycles. The van der Waals surface area contributed by atoms with Crippen molar-refractivity contribution in [3.8, 4) is 5.75 Å². The first-order valence-corrected chi connectivity index (χ1v) is 14.9. The average molecular weight is 607 g/mol. The molecule has 1 N–H and O–H groups in total. The summed E-state index contributed by atoms with van der Waals surface area (Å²) in [6, 6.07) is 18.3. The Labute approximate surface area is 245 Å². The van der Waals surface area contributed by atoms with Crippen LogP contribution < -0.4 is 14.4 Å². The van der Waals surface area contributed by atoms with E-state index in [2.05, 4.69) is 5.32 Å². The fourth-order valence-electron chi connectivity index (χ4n) is 3.93. The van der Waals surface area contributed by atoms with Gasteiger partial charge in [0.15, 0.2) is 0 Å². The van der Waals surface area contributed by atoms with Crippen LogP contribution in [-0.2, 0) is 26.2 Å². The molecule has 0 heterocycles. The first-order chi connectivity index (χ1) is 18.9. The summed E-state index contributed by atoms with van der Waals surface area (Å²) in [7, 11) is -2.75. The van der Waals surface area contributed by atoms with Crippen LogP contribution in [0.25, 0.3) is 0 Å². The molecule has 0 aliphatic rings. The highest BCUT2D eigenvalue weighted by Crippen LogP contribution is 2.32. The van der Waals surface area contributed by atoms with E-state index in [1.807, 2.05) is 13.8 Å². The standard InChI is InChI=1S/C29H33Cl2N3O5S/c1-20(2)17-32-29(36)21(3)33(18-22-9-8-10-23(30)15-22)28(35)19-34(24-13-14-27(39-4)26(31)16-24)40(37,38)25-11-6-5-7-12-25/h5-16,20-21H,17-19H2,1-4H3,(H,32,36). The summed E-state index contributed by atoms with van der Waals surface area (Å²) in [5.74, 6) is -0.376. The van der Waals surface area contributed by atoms with Crippen molar-refractivity contribution in [1.82, 2.24) is 10.2 Å². The second-order valence-corrected chi connectivity index (χ2v) is 12.3. The van der Waals surface area contributed by atoms with Gasteiger partial charge in [0, 0.05) is 18.1 Å². The number of halogens is 2. The summed E-state index contributed by atoms with van der Waals surface area (Å²) in [6.45, 7) is 5.43. The Kier molecular flexibility index (Phi) is 10.8. The van der Waals surface area contributed by atoms with Crippen LogP contribution in [0.1, 0.15) is 26.3 Å². The fraction of sp³-hybridized carbons (Fsp3) is 0.310. The van der Waals surface area contributed by atoms with Gasteiger partial charge in [0.25, 0.3) is 10.0 Å². The Bertz CT molecular complexity index is 1430. The van der Waals surface area contributed by atoms with Crippen LogP contribution in [-0.4, -0.2) is 51.4 Å². The minimum absolute atomic E-state index is 0.00106. The highest BCUT2D eigenvalue weighted by molar-refractivity contribution is 7.92. The maximum absolute atomic E-state index is 13.9. The fourth-order valence-corrected chi connectivity index (χ4v) is 5.82. The maximum atomic E-state index is 13.9. The number of amides is 2. The first-order valence-electron chi connectivity index (χ1n) is 12.7. The van der Waals surface area contributed by atoms with Gasteiger partial charge in [0.2, 0.25) is 11.8 Å². The monoisotopic (exact) mass is 605 g/mol. The highest BCUT2D eigenvalue weighted by atomic mass is 35.5. The topological polar surface area (TPSA) is 96.0 Å². The summed E-state index contributed by atoms with van der Waals surface area (Å²) >= 11 is 12.5. The number of hydrogen-bond acceptors (Lipinski definition) is 5. The largest absolute Gasteiger partial charge is 0.495 e. The second-order valence-electron chi connectivity index (χ2n) is 9.61. The van der Waals surface area contributed by atoms with Crippen LogP contribution in [0.15, 0.2) is 77.7 Å². The number of nitrogens with zero attached hydrogens (tertiary/aromatic N) is 2. The zero-order valence-electron chi connectivity index (χ0n) is 22.8. The van der Waals surface area contributed by atoms with E-state index in [4.69, 9.17) is 27.9 Å². The van der Waals surface area contributed by atoms with E-state index in [1.54, 1.807) is 49.4 Å². The van der Waals surface area contributed by atoms with Gasteiger partial charge in [-0.05, 0) is 60.9 Å². The summed E-state index contributed by atoms with van der Waals surface area (Å²) in [5.41, 5.74) is 0.858. The molecular formula is C29H33Cl2N3O5S. The van der Waals surface area contributed by atoms with Gasteiger partial charge in [0.05, 0.1) is 22.7 Å². The number of anilines is 1. The molecule has 0 fully saturated rings. The van der Waals surface area contributed by atoms with E-state index in [0.717, 1.165) is 4.31 Å². The maximum Gasteiger partial charge on any atom is 0.264 e. The number of carbonyl (C=O) groups excluding carboxylic acids is 2. The molecule has 0 spiro atoms. The smallest absolute Gasteiger partial charge is 0.264 e.